The highest BCUT2D eigenvalue weighted by molar-refractivity contribution is 6.10. The standard InChI is InChI=1S/C19H16N2O4/c22-18(21-11-12-24-19(21)23)17-15(13-7-3-1-4-8-13)16(20-25-17)14-9-5-2-6-10-14/h1-10,15,17H,11-12H2. The molecule has 2 atom stereocenters. The zero-order valence-corrected chi connectivity index (χ0v) is 13.4. The van der Waals surface area contributed by atoms with Gasteiger partial charge in [0.25, 0.3) is 5.91 Å². The van der Waals surface area contributed by atoms with E-state index in [1.807, 2.05) is 60.7 Å². The minimum atomic E-state index is -0.886. The molecule has 2 unspecified atom stereocenters. The molecule has 2 aromatic rings. The van der Waals surface area contributed by atoms with Crippen LogP contribution in [-0.2, 0) is 14.4 Å². The van der Waals surface area contributed by atoms with E-state index in [4.69, 9.17) is 9.57 Å². The highest BCUT2D eigenvalue weighted by Gasteiger charge is 2.45. The summed E-state index contributed by atoms with van der Waals surface area (Å²) < 4.78 is 4.87. The van der Waals surface area contributed by atoms with Gasteiger partial charge in [-0.25, -0.2) is 9.69 Å². The first-order valence-corrected chi connectivity index (χ1v) is 8.08. The summed E-state index contributed by atoms with van der Waals surface area (Å²) in [7, 11) is 0. The van der Waals surface area contributed by atoms with Gasteiger partial charge in [-0.05, 0) is 5.56 Å². The Labute approximate surface area is 144 Å². The summed E-state index contributed by atoms with van der Waals surface area (Å²) in [5.41, 5.74) is 2.47. The smallest absolute Gasteiger partial charge is 0.416 e. The summed E-state index contributed by atoms with van der Waals surface area (Å²) in [5, 5.41) is 4.18. The number of carbonyl (C=O) groups is 2. The maximum Gasteiger partial charge on any atom is 0.416 e. The lowest BCUT2D eigenvalue weighted by Gasteiger charge is -2.21. The van der Waals surface area contributed by atoms with Crippen molar-refractivity contribution >= 4 is 17.7 Å². The van der Waals surface area contributed by atoms with Gasteiger partial charge in [0.15, 0.2) is 0 Å². The van der Waals surface area contributed by atoms with Gasteiger partial charge in [0, 0.05) is 5.56 Å². The monoisotopic (exact) mass is 336 g/mol. The van der Waals surface area contributed by atoms with Crippen LogP contribution in [0.25, 0.3) is 0 Å². The number of oxime groups is 1. The van der Waals surface area contributed by atoms with Gasteiger partial charge in [0.2, 0.25) is 6.10 Å². The second-order valence-electron chi connectivity index (χ2n) is 5.86. The zero-order chi connectivity index (χ0) is 17.2. The maximum absolute atomic E-state index is 12.8. The van der Waals surface area contributed by atoms with E-state index < -0.39 is 18.1 Å². The van der Waals surface area contributed by atoms with E-state index >= 15 is 0 Å². The van der Waals surface area contributed by atoms with Gasteiger partial charge in [-0.2, -0.15) is 0 Å². The van der Waals surface area contributed by atoms with Gasteiger partial charge < -0.3 is 9.57 Å². The number of cyclic esters (lactones) is 1. The lowest BCUT2D eigenvalue weighted by molar-refractivity contribution is -0.139. The van der Waals surface area contributed by atoms with Gasteiger partial charge in [-0.3, -0.25) is 4.79 Å². The van der Waals surface area contributed by atoms with Crippen molar-refractivity contribution in [2.45, 2.75) is 12.0 Å². The predicted molar refractivity (Wildman–Crippen MR) is 90.1 cm³/mol. The molecule has 0 N–H and O–H groups in total. The Bertz CT molecular complexity index is 820. The molecule has 2 heterocycles. The third-order valence-electron chi connectivity index (χ3n) is 4.36. The molecule has 0 saturated carbocycles. The molecule has 2 aliphatic rings. The molecular formula is C19H16N2O4. The number of hydrogen-bond acceptors (Lipinski definition) is 5. The van der Waals surface area contributed by atoms with Crippen molar-refractivity contribution < 1.29 is 19.2 Å². The van der Waals surface area contributed by atoms with Crippen LogP contribution in [-0.4, -0.2) is 41.9 Å². The predicted octanol–water partition coefficient (Wildman–Crippen LogP) is 2.55. The van der Waals surface area contributed by atoms with E-state index in [1.54, 1.807) is 0 Å². The molecule has 1 saturated heterocycles. The first kappa shape index (κ1) is 15.4. The summed E-state index contributed by atoms with van der Waals surface area (Å²) in [5.74, 6) is -0.810. The molecule has 4 rings (SSSR count). The highest BCUT2D eigenvalue weighted by atomic mass is 16.6. The van der Waals surface area contributed by atoms with Gasteiger partial charge in [-0.15, -0.1) is 0 Å². The van der Waals surface area contributed by atoms with E-state index in [0.29, 0.717) is 5.71 Å². The summed E-state index contributed by atoms with van der Waals surface area (Å²) in [6.45, 7) is 0.444. The average molecular weight is 336 g/mol. The van der Waals surface area contributed by atoms with Gasteiger partial charge >= 0.3 is 6.09 Å². The molecule has 0 bridgehead atoms. The molecule has 0 aromatic heterocycles. The highest BCUT2D eigenvalue weighted by Crippen LogP contribution is 2.33. The van der Waals surface area contributed by atoms with E-state index in [1.165, 1.54) is 0 Å². The fourth-order valence-electron chi connectivity index (χ4n) is 3.14. The number of benzene rings is 2. The number of ether oxygens (including phenoxy) is 1. The van der Waals surface area contributed by atoms with Gasteiger partial charge in [0.1, 0.15) is 6.61 Å². The van der Waals surface area contributed by atoms with Crippen LogP contribution >= 0.6 is 0 Å². The van der Waals surface area contributed by atoms with Crippen LogP contribution in [0.5, 0.6) is 0 Å². The fraction of sp³-hybridized carbons (Fsp3) is 0.211. The molecular weight excluding hydrogens is 320 g/mol. The average Bonchev–Trinajstić information content (AvgIpc) is 3.29. The lowest BCUT2D eigenvalue weighted by Crippen LogP contribution is -2.43. The van der Waals surface area contributed by atoms with Gasteiger partial charge in [-0.1, -0.05) is 65.8 Å². The van der Waals surface area contributed by atoms with Crippen LogP contribution in [0.2, 0.25) is 0 Å². The van der Waals surface area contributed by atoms with Crippen molar-refractivity contribution in [3.63, 3.8) is 0 Å². The summed E-state index contributed by atoms with van der Waals surface area (Å²) in [4.78, 5) is 31.2. The Morgan fingerprint density at radius 1 is 1.04 bits per heavy atom. The van der Waals surface area contributed by atoms with Crippen LogP contribution in [0.4, 0.5) is 4.79 Å². The Morgan fingerprint density at radius 3 is 2.36 bits per heavy atom. The molecule has 6 heteroatoms. The Balaban J connectivity index is 1.71. The normalized spacial score (nSPS) is 22.3. The molecule has 0 spiro atoms. The van der Waals surface area contributed by atoms with E-state index in [2.05, 4.69) is 5.16 Å². The number of imide groups is 1. The van der Waals surface area contributed by atoms with Crippen LogP contribution in [0, 0.1) is 0 Å². The largest absolute Gasteiger partial charge is 0.447 e. The molecule has 0 aliphatic carbocycles. The van der Waals surface area contributed by atoms with E-state index in [0.717, 1.165) is 16.0 Å². The molecule has 2 aliphatic heterocycles. The second kappa shape index (κ2) is 6.39. The Hall–Kier alpha value is -3.15. The second-order valence-corrected chi connectivity index (χ2v) is 5.86. The molecule has 25 heavy (non-hydrogen) atoms. The van der Waals surface area contributed by atoms with Crippen LogP contribution in [0.3, 0.4) is 0 Å². The third-order valence-corrected chi connectivity index (χ3v) is 4.36. The van der Waals surface area contributed by atoms with Crippen LogP contribution in [0.1, 0.15) is 17.0 Å². The molecule has 126 valence electrons. The van der Waals surface area contributed by atoms with Crippen molar-refractivity contribution in [1.29, 1.82) is 0 Å². The van der Waals surface area contributed by atoms with Crippen LogP contribution in [0.15, 0.2) is 65.8 Å². The van der Waals surface area contributed by atoms with Crippen molar-refractivity contribution in [2.75, 3.05) is 13.2 Å². The molecule has 2 amide bonds. The maximum atomic E-state index is 12.8. The van der Waals surface area contributed by atoms with E-state index in [9.17, 15) is 9.59 Å². The molecule has 1 fully saturated rings. The van der Waals surface area contributed by atoms with Crippen LogP contribution < -0.4 is 0 Å². The zero-order valence-electron chi connectivity index (χ0n) is 13.4. The first-order valence-electron chi connectivity index (χ1n) is 8.08. The first-order chi connectivity index (χ1) is 12.3. The topological polar surface area (TPSA) is 68.2 Å². The van der Waals surface area contributed by atoms with Crippen molar-refractivity contribution in [3.8, 4) is 0 Å². The number of hydrogen-bond donors (Lipinski definition) is 0. The third kappa shape index (κ3) is 2.76. The molecule has 0 radical (unpaired) electrons. The minimum Gasteiger partial charge on any atom is -0.447 e. The summed E-state index contributed by atoms with van der Waals surface area (Å²) >= 11 is 0. The Kier molecular flexibility index (Phi) is 3.93. The summed E-state index contributed by atoms with van der Waals surface area (Å²) in [6.07, 6.45) is -1.52. The minimum absolute atomic E-state index is 0.208. The van der Waals surface area contributed by atoms with Crippen molar-refractivity contribution in [1.82, 2.24) is 4.90 Å². The SMILES string of the molecule is O=C1OCCN1C(=O)C1ON=C(c2ccccc2)C1c1ccccc1. The fourth-order valence-corrected chi connectivity index (χ4v) is 3.14. The van der Waals surface area contributed by atoms with Gasteiger partial charge in [0.05, 0.1) is 18.2 Å². The summed E-state index contributed by atoms with van der Waals surface area (Å²) in [6, 6.07) is 19.2. The number of amides is 2. The quantitative estimate of drug-likeness (QED) is 0.864. The number of carbonyl (C=O) groups excluding carboxylic acids is 2. The number of rotatable bonds is 3. The Morgan fingerprint density at radius 2 is 1.72 bits per heavy atom. The lowest BCUT2D eigenvalue weighted by atomic mass is 9.85. The molecule has 6 nitrogen and oxygen atoms in total. The number of nitrogens with zero attached hydrogens (tertiary/aromatic N) is 2. The molecule has 2 aromatic carbocycles. The van der Waals surface area contributed by atoms with E-state index in [-0.39, 0.29) is 19.1 Å². The van der Waals surface area contributed by atoms with Crippen molar-refractivity contribution in [3.05, 3.63) is 71.8 Å². The van der Waals surface area contributed by atoms with Crippen molar-refractivity contribution in [2.24, 2.45) is 5.16 Å².